The lowest BCUT2D eigenvalue weighted by atomic mass is 9.91. The molecule has 102 valence electrons. The first-order chi connectivity index (χ1) is 7.49. The van der Waals surface area contributed by atoms with E-state index in [1.165, 1.54) is 17.9 Å². The Morgan fingerprint density at radius 1 is 1.29 bits per heavy atom. The molecule has 2 N–H and O–H groups in total. The lowest BCUT2D eigenvalue weighted by Crippen LogP contribution is -2.42. The second-order valence-electron chi connectivity index (χ2n) is 5.50. The van der Waals surface area contributed by atoms with Crippen molar-refractivity contribution >= 4 is 41.7 Å². The van der Waals surface area contributed by atoms with Gasteiger partial charge in [0.2, 0.25) is 0 Å². The van der Waals surface area contributed by atoms with E-state index in [1.807, 2.05) is 11.8 Å². The van der Waals surface area contributed by atoms with E-state index < -0.39 is 0 Å². The third-order valence-electron chi connectivity index (χ3n) is 2.69. The van der Waals surface area contributed by atoms with Crippen LogP contribution in [0.4, 0.5) is 0 Å². The Morgan fingerprint density at radius 2 is 1.88 bits per heavy atom. The number of hydrogen-bond donors (Lipinski definition) is 1. The van der Waals surface area contributed by atoms with Crippen molar-refractivity contribution in [3.63, 3.8) is 0 Å². The van der Waals surface area contributed by atoms with Gasteiger partial charge in [-0.15, -0.1) is 24.0 Å². The van der Waals surface area contributed by atoms with Crippen molar-refractivity contribution < 1.29 is 0 Å². The summed E-state index contributed by atoms with van der Waals surface area (Å²) in [5.74, 6) is 3.10. The van der Waals surface area contributed by atoms with E-state index >= 15 is 0 Å². The predicted molar refractivity (Wildman–Crippen MR) is 89.5 cm³/mol. The molecule has 1 aliphatic heterocycles. The average molecular weight is 371 g/mol. The van der Waals surface area contributed by atoms with Crippen molar-refractivity contribution in [1.82, 2.24) is 4.90 Å². The molecular weight excluding hydrogens is 345 g/mol. The van der Waals surface area contributed by atoms with Gasteiger partial charge in [0.05, 0.1) is 0 Å². The van der Waals surface area contributed by atoms with Crippen LogP contribution in [0.25, 0.3) is 0 Å². The normalized spacial score (nSPS) is 17.8. The minimum Gasteiger partial charge on any atom is -0.370 e. The fraction of sp³-hybridized carbons (Fsp3) is 0.917. The van der Waals surface area contributed by atoms with Crippen LogP contribution >= 0.6 is 35.7 Å². The Kier molecular flexibility index (Phi) is 8.63. The topological polar surface area (TPSA) is 41.6 Å². The summed E-state index contributed by atoms with van der Waals surface area (Å²) in [5, 5.41) is 0. The third-order valence-corrected chi connectivity index (χ3v) is 3.64. The number of rotatable bonds is 3. The zero-order chi connectivity index (χ0) is 12.0. The molecule has 1 rings (SSSR count). The van der Waals surface area contributed by atoms with Crippen molar-refractivity contribution in [3.8, 4) is 0 Å². The smallest absolute Gasteiger partial charge is 0.191 e. The van der Waals surface area contributed by atoms with Crippen molar-refractivity contribution in [2.24, 2.45) is 16.1 Å². The van der Waals surface area contributed by atoms with E-state index in [2.05, 4.69) is 30.7 Å². The van der Waals surface area contributed by atoms with Crippen LogP contribution in [0, 0.1) is 5.41 Å². The van der Waals surface area contributed by atoms with Gasteiger partial charge in [0.15, 0.2) is 5.96 Å². The summed E-state index contributed by atoms with van der Waals surface area (Å²) in [7, 11) is 0. The van der Waals surface area contributed by atoms with Crippen LogP contribution in [0.15, 0.2) is 4.99 Å². The summed E-state index contributed by atoms with van der Waals surface area (Å²) in [5.41, 5.74) is 6.37. The van der Waals surface area contributed by atoms with Gasteiger partial charge in [0.1, 0.15) is 0 Å². The number of nitrogens with two attached hydrogens (primary N) is 1. The van der Waals surface area contributed by atoms with Crippen LogP contribution in [0.3, 0.4) is 0 Å². The molecule has 0 atom stereocenters. The van der Waals surface area contributed by atoms with Crippen LogP contribution < -0.4 is 5.73 Å². The summed E-state index contributed by atoms with van der Waals surface area (Å²) in [4.78, 5) is 6.66. The van der Waals surface area contributed by atoms with Crippen LogP contribution in [0.2, 0.25) is 0 Å². The summed E-state index contributed by atoms with van der Waals surface area (Å²) in [6, 6.07) is 0. The van der Waals surface area contributed by atoms with Gasteiger partial charge in [-0.2, -0.15) is 11.8 Å². The summed E-state index contributed by atoms with van der Waals surface area (Å²) in [6.45, 7) is 9.77. The first-order valence-electron chi connectivity index (χ1n) is 6.12. The second-order valence-corrected chi connectivity index (χ2v) is 6.73. The molecule has 3 nitrogen and oxygen atoms in total. The second kappa shape index (κ2) is 8.45. The molecule has 0 amide bonds. The van der Waals surface area contributed by atoms with Crippen LogP contribution in [0.1, 0.15) is 33.6 Å². The molecule has 0 aromatic heterocycles. The number of thioether (sulfide) groups is 1. The molecule has 1 aliphatic rings. The van der Waals surface area contributed by atoms with Crippen LogP contribution in [0.5, 0.6) is 0 Å². The number of halogens is 1. The van der Waals surface area contributed by atoms with E-state index in [0.717, 1.165) is 32.0 Å². The van der Waals surface area contributed by atoms with Gasteiger partial charge in [0.25, 0.3) is 0 Å². The molecule has 0 aromatic rings. The summed E-state index contributed by atoms with van der Waals surface area (Å²) >= 11 is 2.00. The van der Waals surface area contributed by atoms with E-state index in [-0.39, 0.29) is 24.0 Å². The maximum atomic E-state index is 5.96. The van der Waals surface area contributed by atoms with Gasteiger partial charge in [-0.1, -0.05) is 20.8 Å². The fourth-order valence-corrected chi connectivity index (χ4v) is 2.60. The fourth-order valence-electron chi connectivity index (χ4n) is 1.70. The minimum atomic E-state index is 0. The van der Waals surface area contributed by atoms with Gasteiger partial charge in [-0.25, -0.2) is 0 Å². The number of hydrogen-bond acceptors (Lipinski definition) is 2. The van der Waals surface area contributed by atoms with Gasteiger partial charge in [0, 0.05) is 31.1 Å². The summed E-state index contributed by atoms with van der Waals surface area (Å²) < 4.78 is 0. The lowest BCUT2D eigenvalue weighted by molar-refractivity contribution is 0.367. The molecule has 1 heterocycles. The Hall–Kier alpha value is 0.350. The van der Waals surface area contributed by atoms with Gasteiger partial charge in [-0.3, -0.25) is 4.99 Å². The maximum absolute atomic E-state index is 5.96. The first-order valence-corrected chi connectivity index (χ1v) is 7.27. The molecule has 1 saturated heterocycles. The molecule has 0 radical (unpaired) electrons. The minimum absolute atomic E-state index is 0. The van der Waals surface area contributed by atoms with Gasteiger partial charge < -0.3 is 10.6 Å². The SMILES string of the molecule is CC(C)(C)CCCN=C(N)N1CCSCC1.I. The largest absolute Gasteiger partial charge is 0.370 e. The number of guanidine groups is 1. The van der Waals surface area contributed by atoms with E-state index in [4.69, 9.17) is 5.73 Å². The molecule has 0 unspecified atom stereocenters. The van der Waals surface area contributed by atoms with Crippen molar-refractivity contribution in [1.29, 1.82) is 0 Å². The average Bonchev–Trinajstić information content (AvgIpc) is 2.24. The molecule has 0 aliphatic carbocycles. The molecule has 17 heavy (non-hydrogen) atoms. The Morgan fingerprint density at radius 3 is 2.41 bits per heavy atom. The van der Waals surface area contributed by atoms with Gasteiger partial charge in [-0.05, 0) is 18.3 Å². The molecule has 0 aromatic carbocycles. The summed E-state index contributed by atoms with van der Waals surface area (Å²) in [6.07, 6.45) is 2.34. The van der Waals surface area contributed by atoms with Crippen LogP contribution in [-0.4, -0.2) is 42.0 Å². The quantitative estimate of drug-likeness (QED) is 0.359. The Balaban J connectivity index is 0.00000256. The molecule has 1 fully saturated rings. The van der Waals surface area contributed by atoms with E-state index in [0.29, 0.717) is 5.41 Å². The monoisotopic (exact) mass is 371 g/mol. The molecular formula is C12H26IN3S. The highest BCUT2D eigenvalue weighted by molar-refractivity contribution is 14.0. The van der Waals surface area contributed by atoms with Crippen molar-refractivity contribution in [3.05, 3.63) is 0 Å². The van der Waals surface area contributed by atoms with E-state index in [1.54, 1.807) is 0 Å². The highest BCUT2D eigenvalue weighted by atomic mass is 127. The van der Waals surface area contributed by atoms with Crippen molar-refractivity contribution in [2.75, 3.05) is 31.1 Å². The molecule has 0 saturated carbocycles. The highest BCUT2D eigenvalue weighted by Crippen LogP contribution is 2.20. The molecule has 0 spiro atoms. The molecule has 5 heteroatoms. The maximum Gasteiger partial charge on any atom is 0.191 e. The Bertz CT molecular complexity index is 232. The number of nitrogens with zero attached hydrogens (tertiary/aromatic N) is 2. The van der Waals surface area contributed by atoms with Crippen molar-refractivity contribution in [2.45, 2.75) is 33.6 Å². The zero-order valence-corrected chi connectivity index (χ0v) is 14.4. The highest BCUT2D eigenvalue weighted by Gasteiger charge is 2.12. The van der Waals surface area contributed by atoms with E-state index in [9.17, 15) is 0 Å². The number of aliphatic imine (C=N–C) groups is 1. The molecule has 0 bridgehead atoms. The third kappa shape index (κ3) is 8.13. The van der Waals surface area contributed by atoms with Crippen LogP contribution in [-0.2, 0) is 0 Å². The lowest BCUT2D eigenvalue weighted by Gasteiger charge is -2.27. The predicted octanol–water partition coefficient (Wildman–Crippen LogP) is 2.79. The van der Waals surface area contributed by atoms with Gasteiger partial charge >= 0.3 is 0 Å². The zero-order valence-electron chi connectivity index (χ0n) is 11.2. The Labute approximate surface area is 127 Å². The first kappa shape index (κ1) is 17.4. The standard InChI is InChI=1S/C12H25N3S.HI/c1-12(2,3)5-4-6-14-11(13)15-7-9-16-10-8-15;/h4-10H2,1-3H3,(H2,13,14);1H.